The number of likely N-dealkylation sites (N-methyl/N-ethyl adjacent to an activating group) is 1. The summed E-state index contributed by atoms with van der Waals surface area (Å²) in [6.45, 7) is 8.55. The predicted octanol–water partition coefficient (Wildman–Crippen LogP) is 5.39. The maximum absolute atomic E-state index is 5.93. The Morgan fingerprint density at radius 3 is 2.38 bits per heavy atom. The third-order valence-corrected chi connectivity index (χ3v) is 4.71. The summed E-state index contributed by atoms with van der Waals surface area (Å²) >= 11 is 5.93. The van der Waals surface area contributed by atoms with E-state index in [1.165, 1.54) is 0 Å². The lowest BCUT2D eigenvalue weighted by Crippen LogP contribution is -2.28. The Balaban J connectivity index is 1.66. The number of halogens is 1. The highest BCUT2D eigenvalue weighted by atomic mass is 35.5. The first-order chi connectivity index (χ1) is 12.7. The molecular weight excluding hydrogens is 344 g/mol. The molecule has 26 heavy (non-hydrogen) atoms. The van der Waals surface area contributed by atoms with Gasteiger partial charge in [-0.25, -0.2) is 4.98 Å². The molecule has 2 aromatic carbocycles. The van der Waals surface area contributed by atoms with Crippen LogP contribution in [0.3, 0.4) is 0 Å². The van der Waals surface area contributed by atoms with E-state index < -0.39 is 0 Å². The fourth-order valence-electron chi connectivity index (χ4n) is 2.88. The van der Waals surface area contributed by atoms with E-state index in [-0.39, 0.29) is 0 Å². The molecule has 3 aromatic rings. The maximum Gasteiger partial charge on any atom is 0.131 e. The van der Waals surface area contributed by atoms with E-state index in [0.29, 0.717) is 0 Å². The van der Waals surface area contributed by atoms with Gasteiger partial charge in [-0.2, -0.15) is 0 Å². The first-order valence-electron chi connectivity index (χ1n) is 9.07. The van der Waals surface area contributed by atoms with Crippen LogP contribution in [0.5, 0.6) is 0 Å². The molecule has 0 fully saturated rings. The lowest BCUT2D eigenvalue weighted by atomic mass is 10.2. The van der Waals surface area contributed by atoms with Crippen LogP contribution < -0.4 is 10.6 Å². The molecule has 0 unspecified atom stereocenters. The Morgan fingerprint density at radius 1 is 0.923 bits per heavy atom. The molecule has 0 saturated heterocycles. The summed E-state index contributed by atoms with van der Waals surface area (Å²) in [5.74, 6) is 0.821. The highest BCUT2D eigenvalue weighted by molar-refractivity contribution is 6.30. The summed E-state index contributed by atoms with van der Waals surface area (Å²) in [4.78, 5) is 7.10. The predicted molar refractivity (Wildman–Crippen MR) is 113 cm³/mol. The van der Waals surface area contributed by atoms with E-state index in [4.69, 9.17) is 11.6 Å². The molecule has 1 heterocycles. The van der Waals surface area contributed by atoms with Crippen molar-refractivity contribution < 1.29 is 0 Å². The zero-order chi connectivity index (χ0) is 18.4. The molecule has 0 radical (unpaired) electrons. The van der Waals surface area contributed by atoms with Crippen molar-refractivity contribution >= 4 is 39.7 Å². The molecule has 136 valence electrons. The number of hydrogen-bond acceptors (Lipinski definition) is 4. The van der Waals surface area contributed by atoms with Crippen molar-refractivity contribution in [1.29, 1.82) is 0 Å². The first kappa shape index (κ1) is 18.5. The van der Waals surface area contributed by atoms with Gasteiger partial charge in [0.2, 0.25) is 0 Å². The number of aromatic nitrogens is 1. The minimum Gasteiger partial charge on any atom is -0.384 e. The van der Waals surface area contributed by atoms with Crippen LogP contribution >= 0.6 is 11.6 Å². The summed E-state index contributed by atoms with van der Waals surface area (Å²) in [5, 5.41) is 8.65. The van der Waals surface area contributed by atoms with Gasteiger partial charge < -0.3 is 15.5 Å². The number of pyridine rings is 1. The van der Waals surface area contributed by atoms with Crippen LogP contribution in [0.4, 0.5) is 17.2 Å². The minimum atomic E-state index is 0.725. The van der Waals surface area contributed by atoms with Crippen molar-refractivity contribution in [3.05, 3.63) is 59.6 Å². The van der Waals surface area contributed by atoms with E-state index >= 15 is 0 Å². The molecule has 5 heteroatoms. The van der Waals surface area contributed by atoms with E-state index in [9.17, 15) is 0 Å². The first-order valence-corrected chi connectivity index (χ1v) is 9.45. The highest BCUT2D eigenvalue weighted by Gasteiger charge is 2.02. The van der Waals surface area contributed by atoms with Gasteiger partial charge in [-0.1, -0.05) is 25.4 Å². The van der Waals surface area contributed by atoms with Gasteiger partial charge in [0.1, 0.15) is 5.82 Å². The van der Waals surface area contributed by atoms with Crippen molar-refractivity contribution in [2.45, 2.75) is 13.8 Å². The molecule has 0 aliphatic carbocycles. The molecule has 0 spiro atoms. The van der Waals surface area contributed by atoms with Crippen LogP contribution in [0.15, 0.2) is 54.6 Å². The van der Waals surface area contributed by atoms with Gasteiger partial charge in [0, 0.05) is 34.9 Å². The van der Waals surface area contributed by atoms with Gasteiger partial charge in [0.15, 0.2) is 0 Å². The monoisotopic (exact) mass is 368 g/mol. The third-order valence-electron chi connectivity index (χ3n) is 4.46. The van der Waals surface area contributed by atoms with Crippen molar-refractivity contribution in [3.8, 4) is 0 Å². The van der Waals surface area contributed by atoms with Crippen LogP contribution in [0, 0.1) is 0 Å². The van der Waals surface area contributed by atoms with Crippen molar-refractivity contribution in [2.24, 2.45) is 0 Å². The number of benzene rings is 2. The smallest absolute Gasteiger partial charge is 0.131 e. The number of nitrogens with one attached hydrogen (secondary N) is 2. The largest absolute Gasteiger partial charge is 0.384 e. The topological polar surface area (TPSA) is 40.2 Å². The molecule has 0 aliphatic heterocycles. The van der Waals surface area contributed by atoms with Gasteiger partial charge in [-0.3, -0.25) is 0 Å². The molecule has 0 atom stereocenters. The molecule has 0 aliphatic rings. The fourth-order valence-corrected chi connectivity index (χ4v) is 3.01. The molecule has 0 bridgehead atoms. The number of rotatable bonds is 8. The third kappa shape index (κ3) is 4.87. The Kier molecular flexibility index (Phi) is 6.31. The highest BCUT2D eigenvalue weighted by Crippen LogP contribution is 2.22. The number of anilines is 3. The SMILES string of the molecule is CCN(CC)CCNc1ccc2nc(Nc3ccc(Cl)cc3)ccc2c1. The lowest BCUT2D eigenvalue weighted by molar-refractivity contribution is 0.316. The molecule has 0 saturated carbocycles. The van der Waals surface area contributed by atoms with E-state index in [1.807, 2.05) is 30.3 Å². The lowest BCUT2D eigenvalue weighted by Gasteiger charge is -2.18. The van der Waals surface area contributed by atoms with E-state index in [0.717, 1.165) is 59.3 Å². The second-order valence-electron chi connectivity index (χ2n) is 6.19. The minimum absolute atomic E-state index is 0.725. The fraction of sp³-hybridized carbons (Fsp3) is 0.286. The van der Waals surface area contributed by atoms with Gasteiger partial charge in [0.25, 0.3) is 0 Å². The maximum atomic E-state index is 5.93. The second kappa shape index (κ2) is 8.88. The molecule has 0 amide bonds. The van der Waals surface area contributed by atoms with Gasteiger partial charge in [-0.05, 0) is 67.7 Å². The van der Waals surface area contributed by atoms with Gasteiger partial charge in [0.05, 0.1) is 5.52 Å². The average molecular weight is 369 g/mol. The standard InChI is InChI=1S/C21H25ClN4/c1-3-26(4-2)14-13-23-19-10-11-20-16(15-19)5-12-21(25-20)24-18-8-6-17(22)7-9-18/h5-12,15,23H,3-4,13-14H2,1-2H3,(H,24,25). The average Bonchev–Trinajstić information content (AvgIpc) is 2.67. The van der Waals surface area contributed by atoms with Crippen LogP contribution in [0.1, 0.15) is 13.8 Å². The van der Waals surface area contributed by atoms with Crippen molar-refractivity contribution in [3.63, 3.8) is 0 Å². The van der Waals surface area contributed by atoms with Gasteiger partial charge in [-0.15, -0.1) is 0 Å². The van der Waals surface area contributed by atoms with Gasteiger partial charge >= 0.3 is 0 Å². The summed E-state index contributed by atoms with van der Waals surface area (Å²) in [6, 6.07) is 18.0. The summed E-state index contributed by atoms with van der Waals surface area (Å²) in [7, 11) is 0. The second-order valence-corrected chi connectivity index (χ2v) is 6.63. The summed E-state index contributed by atoms with van der Waals surface area (Å²) in [5.41, 5.74) is 3.07. The molecule has 2 N–H and O–H groups in total. The number of nitrogens with zero attached hydrogens (tertiary/aromatic N) is 2. The molecule has 1 aromatic heterocycles. The Bertz CT molecular complexity index is 844. The van der Waals surface area contributed by atoms with E-state index in [1.54, 1.807) is 0 Å². The summed E-state index contributed by atoms with van der Waals surface area (Å²) in [6.07, 6.45) is 0. The van der Waals surface area contributed by atoms with Crippen molar-refractivity contribution in [2.75, 3.05) is 36.8 Å². The van der Waals surface area contributed by atoms with Crippen LogP contribution in [0.25, 0.3) is 10.9 Å². The number of hydrogen-bond donors (Lipinski definition) is 2. The number of fused-ring (bicyclic) bond motifs is 1. The zero-order valence-corrected chi connectivity index (χ0v) is 16.1. The zero-order valence-electron chi connectivity index (χ0n) is 15.3. The Labute approximate surface area is 160 Å². The van der Waals surface area contributed by atoms with E-state index in [2.05, 4.69) is 58.6 Å². The van der Waals surface area contributed by atoms with Crippen LogP contribution in [-0.2, 0) is 0 Å². The summed E-state index contributed by atoms with van der Waals surface area (Å²) < 4.78 is 0. The van der Waals surface area contributed by atoms with Crippen LogP contribution in [-0.4, -0.2) is 36.1 Å². The van der Waals surface area contributed by atoms with Crippen molar-refractivity contribution in [1.82, 2.24) is 9.88 Å². The Morgan fingerprint density at radius 2 is 1.65 bits per heavy atom. The molecular formula is C21H25ClN4. The van der Waals surface area contributed by atoms with Crippen LogP contribution in [0.2, 0.25) is 5.02 Å². The molecule has 3 rings (SSSR count). The quantitative estimate of drug-likeness (QED) is 0.559. The Hall–Kier alpha value is -2.30. The molecule has 4 nitrogen and oxygen atoms in total. The normalized spacial score (nSPS) is 11.1.